The Labute approximate surface area is 209 Å². The fourth-order valence-electron chi connectivity index (χ4n) is 3.92. The number of aliphatic hydroxyl groups excluding tert-OH is 1. The van der Waals surface area contributed by atoms with Crippen LogP contribution in [0.15, 0.2) is 36.7 Å². The van der Waals surface area contributed by atoms with Crippen molar-refractivity contribution in [2.24, 2.45) is 0 Å². The van der Waals surface area contributed by atoms with Crippen LogP contribution in [0.2, 0.25) is 0 Å². The molecule has 0 aliphatic carbocycles. The van der Waals surface area contributed by atoms with E-state index in [1.807, 2.05) is 0 Å². The summed E-state index contributed by atoms with van der Waals surface area (Å²) in [5.41, 5.74) is -0.495. The third-order valence-electron chi connectivity index (χ3n) is 5.42. The van der Waals surface area contributed by atoms with Crippen molar-refractivity contribution < 1.29 is 43.2 Å². The Hall–Kier alpha value is -4.04. The number of phenolic OH excluding ortho intramolecular Hbond substituents is 1. The molecule has 1 fully saturated rings. The number of aromatic nitrogens is 3. The Morgan fingerprint density at radius 2 is 1.81 bits per heavy atom. The van der Waals surface area contributed by atoms with Crippen molar-refractivity contribution in [1.82, 2.24) is 20.1 Å². The predicted molar refractivity (Wildman–Crippen MR) is 127 cm³/mol. The van der Waals surface area contributed by atoms with E-state index in [1.54, 1.807) is 18.5 Å². The van der Waals surface area contributed by atoms with Crippen molar-refractivity contribution in [3.8, 4) is 17.0 Å². The molecule has 1 saturated heterocycles. The molecule has 3 heterocycles. The highest BCUT2D eigenvalue weighted by molar-refractivity contribution is 6.00. The summed E-state index contributed by atoms with van der Waals surface area (Å²) in [6.45, 7) is 1.90. The third-order valence-corrected chi connectivity index (χ3v) is 5.42. The van der Waals surface area contributed by atoms with Crippen LogP contribution >= 0.6 is 0 Å². The van der Waals surface area contributed by atoms with Gasteiger partial charge in [-0.1, -0.05) is 0 Å². The fraction of sp³-hybridized carbons (Fsp3) is 0.348. The molecule has 0 spiro atoms. The number of phenols is 1. The fourth-order valence-corrected chi connectivity index (χ4v) is 3.92. The number of pyridine rings is 1. The Morgan fingerprint density at radius 3 is 2.43 bits per heavy atom. The molecule has 4 rings (SSSR count). The van der Waals surface area contributed by atoms with Crippen LogP contribution in [0.3, 0.4) is 0 Å². The highest BCUT2D eigenvalue weighted by Crippen LogP contribution is 2.38. The van der Waals surface area contributed by atoms with Crippen LogP contribution < -0.4 is 5.32 Å². The van der Waals surface area contributed by atoms with E-state index in [1.165, 1.54) is 6.07 Å². The average Bonchev–Trinajstić information content (AvgIpc) is 2.85. The molecule has 11 nitrogen and oxygen atoms in total. The number of hydrogen-bond donors (Lipinski definition) is 5. The summed E-state index contributed by atoms with van der Waals surface area (Å²) in [5.74, 6) is 0.00368. The van der Waals surface area contributed by atoms with Gasteiger partial charge >= 0.3 is 6.18 Å². The van der Waals surface area contributed by atoms with Crippen LogP contribution in [0.4, 0.5) is 19.0 Å². The lowest BCUT2D eigenvalue weighted by Gasteiger charge is -2.33. The molecule has 1 aliphatic heterocycles. The number of carboxylic acid groups (broad SMARTS) is 2. The van der Waals surface area contributed by atoms with Crippen LogP contribution in [0.5, 0.6) is 5.75 Å². The molecule has 1 aromatic carbocycles. The molecular weight excluding hydrogens is 499 g/mol. The molecule has 0 radical (unpaired) electrons. The predicted octanol–water partition coefficient (Wildman–Crippen LogP) is 2.69. The molecule has 3 aromatic rings. The van der Waals surface area contributed by atoms with Gasteiger partial charge in [0.05, 0.1) is 12.2 Å². The van der Waals surface area contributed by atoms with Gasteiger partial charge in [0, 0.05) is 47.9 Å². The molecule has 1 atom stereocenters. The number of rotatable bonds is 5. The molecule has 0 amide bonds. The zero-order valence-electron chi connectivity index (χ0n) is 19.5. The van der Waals surface area contributed by atoms with Gasteiger partial charge in [-0.25, -0.2) is 0 Å². The van der Waals surface area contributed by atoms with E-state index in [-0.39, 0.29) is 36.9 Å². The molecule has 14 heteroatoms. The molecule has 200 valence electrons. The minimum atomic E-state index is -4.55. The number of likely N-dealkylation sites (tertiary alicyclic amines) is 1. The van der Waals surface area contributed by atoms with Gasteiger partial charge in [0.25, 0.3) is 12.9 Å². The minimum Gasteiger partial charge on any atom is -0.507 e. The van der Waals surface area contributed by atoms with Crippen LogP contribution in [-0.2, 0) is 15.8 Å². The summed E-state index contributed by atoms with van der Waals surface area (Å²) in [6.07, 6.45) is 0.546. The van der Waals surface area contributed by atoms with Crippen LogP contribution in [0.1, 0.15) is 18.4 Å². The molecule has 0 saturated carbocycles. The van der Waals surface area contributed by atoms with Crippen molar-refractivity contribution in [3.05, 3.63) is 42.2 Å². The van der Waals surface area contributed by atoms with E-state index in [2.05, 4.69) is 25.4 Å². The number of nitrogens with zero attached hydrogens (tertiary/aromatic N) is 4. The number of aliphatic hydroxyl groups is 1. The standard InChI is InChI=1S/C21H22F3N5O2.2CH2O2/c22-21(23,24)13-3-4-16(18(31)10-13)19-15-5-6-25-11-17(15)20(28-27-19)26-14-2-1-7-29(12-14)8-9-30;2*2-1-3/h3-6,10-11,14,30-31H,1-2,7-9,12H2,(H,26,28);2*1H,(H,2,3)/t14-;;/m1../s1. The summed E-state index contributed by atoms with van der Waals surface area (Å²) in [6, 6.07) is 4.61. The van der Waals surface area contributed by atoms with E-state index in [9.17, 15) is 23.4 Å². The van der Waals surface area contributed by atoms with Gasteiger partial charge in [-0.15, -0.1) is 10.2 Å². The van der Waals surface area contributed by atoms with E-state index >= 15 is 0 Å². The number of hydrogen-bond acceptors (Lipinski definition) is 9. The normalized spacial score (nSPS) is 15.5. The minimum absolute atomic E-state index is 0.102. The van der Waals surface area contributed by atoms with Gasteiger partial charge in [0.15, 0.2) is 5.82 Å². The summed E-state index contributed by atoms with van der Waals surface area (Å²) in [5, 5.41) is 46.3. The maximum Gasteiger partial charge on any atom is 0.416 e. The number of benzene rings is 1. The topological polar surface area (TPSA) is 169 Å². The number of alkyl halides is 3. The second kappa shape index (κ2) is 13.9. The van der Waals surface area contributed by atoms with Gasteiger partial charge in [-0.2, -0.15) is 13.2 Å². The van der Waals surface area contributed by atoms with Gasteiger partial charge in [-0.3, -0.25) is 19.5 Å². The van der Waals surface area contributed by atoms with E-state index in [0.717, 1.165) is 32.0 Å². The first-order valence-corrected chi connectivity index (χ1v) is 11.0. The van der Waals surface area contributed by atoms with Gasteiger partial charge in [0.2, 0.25) is 0 Å². The SMILES string of the molecule is O=CO.O=CO.OCCN1CCC[C@@H](Nc2nnc(-c3ccc(C(F)(F)F)cc3O)c3ccncc23)C1. The number of anilines is 1. The third kappa shape index (κ3) is 7.98. The number of β-amino-alcohol motifs (C(OH)–C–C–N with tert-alkyl or cyclic N) is 1. The number of carbonyl (C=O) groups is 2. The second-order valence-corrected chi connectivity index (χ2v) is 7.77. The summed E-state index contributed by atoms with van der Waals surface area (Å²) in [7, 11) is 0. The Balaban J connectivity index is 0.000000733. The molecule has 37 heavy (non-hydrogen) atoms. The van der Waals surface area contributed by atoms with Gasteiger partial charge in [-0.05, 0) is 43.7 Å². The molecule has 0 bridgehead atoms. The van der Waals surface area contributed by atoms with E-state index in [4.69, 9.17) is 19.8 Å². The molecular formula is C23H26F3N5O6. The maximum absolute atomic E-state index is 12.9. The highest BCUT2D eigenvalue weighted by Gasteiger charge is 2.31. The van der Waals surface area contributed by atoms with Crippen LogP contribution in [-0.4, -0.2) is 85.7 Å². The van der Waals surface area contributed by atoms with Crippen molar-refractivity contribution in [2.45, 2.75) is 25.1 Å². The molecule has 0 unspecified atom stereocenters. The second-order valence-electron chi connectivity index (χ2n) is 7.77. The molecule has 1 aliphatic rings. The number of aromatic hydroxyl groups is 1. The zero-order chi connectivity index (χ0) is 27.4. The van der Waals surface area contributed by atoms with Crippen LogP contribution in [0.25, 0.3) is 22.0 Å². The van der Waals surface area contributed by atoms with Crippen molar-refractivity contribution in [1.29, 1.82) is 0 Å². The zero-order valence-corrected chi connectivity index (χ0v) is 19.5. The number of piperidine rings is 1. The smallest absolute Gasteiger partial charge is 0.416 e. The summed E-state index contributed by atoms with van der Waals surface area (Å²) >= 11 is 0. The number of nitrogens with one attached hydrogen (secondary N) is 1. The van der Waals surface area contributed by atoms with Crippen LogP contribution in [0, 0.1) is 0 Å². The Morgan fingerprint density at radius 1 is 1.11 bits per heavy atom. The maximum atomic E-state index is 12.9. The quantitative estimate of drug-likeness (QED) is 0.311. The Bertz CT molecular complexity index is 1170. The lowest BCUT2D eigenvalue weighted by Crippen LogP contribution is -2.43. The molecule has 5 N–H and O–H groups in total. The highest BCUT2D eigenvalue weighted by atomic mass is 19.4. The largest absolute Gasteiger partial charge is 0.507 e. The summed E-state index contributed by atoms with van der Waals surface area (Å²) in [4.78, 5) is 23.0. The lowest BCUT2D eigenvalue weighted by molar-refractivity contribution is -0.137. The Kier molecular flexibility index (Phi) is 11.0. The van der Waals surface area contributed by atoms with Crippen molar-refractivity contribution in [3.63, 3.8) is 0 Å². The first kappa shape index (κ1) is 29.2. The summed E-state index contributed by atoms with van der Waals surface area (Å²) < 4.78 is 38.8. The van der Waals surface area contributed by atoms with Gasteiger partial charge in [0.1, 0.15) is 11.4 Å². The lowest BCUT2D eigenvalue weighted by atomic mass is 10.0. The molecule has 2 aromatic heterocycles. The van der Waals surface area contributed by atoms with E-state index < -0.39 is 17.5 Å². The number of halogens is 3. The van der Waals surface area contributed by atoms with E-state index in [0.29, 0.717) is 29.2 Å². The first-order valence-electron chi connectivity index (χ1n) is 11.0. The van der Waals surface area contributed by atoms with Crippen molar-refractivity contribution in [2.75, 3.05) is 31.6 Å². The monoisotopic (exact) mass is 525 g/mol. The van der Waals surface area contributed by atoms with Gasteiger partial charge < -0.3 is 25.7 Å². The first-order chi connectivity index (χ1) is 17.7. The van der Waals surface area contributed by atoms with Crippen molar-refractivity contribution >= 4 is 29.5 Å². The average molecular weight is 525 g/mol. The number of fused-ring (bicyclic) bond motifs is 1.